The van der Waals surface area contributed by atoms with Crippen molar-refractivity contribution in [2.45, 2.75) is 36.0 Å². The first-order chi connectivity index (χ1) is 16.8. The van der Waals surface area contributed by atoms with E-state index in [1.165, 1.54) is 23.8 Å². The van der Waals surface area contributed by atoms with Gasteiger partial charge in [-0.2, -0.15) is 0 Å². The number of carbonyl (C=O) groups is 1. The smallest absolute Gasteiger partial charge is 0.323 e. The second-order valence-corrected chi connectivity index (χ2v) is 10.7. The Balaban J connectivity index is 1.26. The van der Waals surface area contributed by atoms with Crippen LogP contribution in [0.1, 0.15) is 41.6 Å². The molecule has 35 heavy (non-hydrogen) atoms. The lowest BCUT2D eigenvalue weighted by molar-refractivity contribution is 0.0943. The highest BCUT2D eigenvalue weighted by atomic mass is 32.2. The van der Waals surface area contributed by atoms with E-state index in [2.05, 4.69) is 32.1 Å². The minimum Gasteiger partial charge on any atom is -0.351 e. The minimum absolute atomic E-state index is 0.0184. The summed E-state index contributed by atoms with van der Waals surface area (Å²) in [5.41, 5.74) is 2.53. The van der Waals surface area contributed by atoms with Gasteiger partial charge in [-0.15, -0.1) is 0 Å². The molecule has 180 valence electrons. The Morgan fingerprint density at radius 2 is 1.57 bits per heavy atom. The third-order valence-electron chi connectivity index (χ3n) is 6.73. The summed E-state index contributed by atoms with van der Waals surface area (Å²) in [6, 6.07) is 21.0. The normalized spacial score (nSPS) is 15.2. The van der Waals surface area contributed by atoms with E-state index in [1.807, 2.05) is 18.2 Å². The van der Waals surface area contributed by atoms with E-state index in [0.29, 0.717) is 28.8 Å². The number of rotatable bonds is 7. The van der Waals surface area contributed by atoms with Crippen LogP contribution in [0.2, 0.25) is 0 Å². The number of fused-ring (bicyclic) bond motifs is 1. The Hall–Kier alpha value is -3.85. The van der Waals surface area contributed by atoms with Gasteiger partial charge in [0.1, 0.15) is 0 Å². The zero-order chi connectivity index (χ0) is 24.5. The number of aromatic nitrogens is 2. The molecule has 8 nitrogen and oxygen atoms in total. The van der Waals surface area contributed by atoms with Gasteiger partial charge in [0.25, 0.3) is 15.9 Å². The molecule has 0 radical (unpaired) electrons. The highest BCUT2D eigenvalue weighted by molar-refractivity contribution is 7.92. The summed E-state index contributed by atoms with van der Waals surface area (Å²) in [5, 5.41) is 3.08. The first-order valence-electron chi connectivity index (χ1n) is 11.5. The quantitative estimate of drug-likeness (QED) is 0.314. The highest BCUT2D eigenvalue weighted by Crippen LogP contribution is 2.40. The molecule has 0 saturated heterocycles. The van der Waals surface area contributed by atoms with Crippen LogP contribution in [0, 0.1) is 0 Å². The Morgan fingerprint density at radius 1 is 0.886 bits per heavy atom. The molecule has 1 fully saturated rings. The van der Waals surface area contributed by atoms with E-state index in [4.69, 9.17) is 0 Å². The molecule has 3 aromatic carbocycles. The lowest BCUT2D eigenvalue weighted by Crippen LogP contribution is -2.39. The number of nitrogens with one attached hydrogen (secondary N) is 4. The van der Waals surface area contributed by atoms with Crippen LogP contribution < -0.4 is 15.7 Å². The number of benzene rings is 3. The third-order valence-corrected chi connectivity index (χ3v) is 8.11. The van der Waals surface area contributed by atoms with Crippen LogP contribution >= 0.6 is 0 Å². The predicted octanol–water partition coefficient (Wildman–Crippen LogP) is 3.90. The van der Waals surface area contributed by atoms with Gasteiger partial charge in [0, 0.05) is 23.2 Å². The monoisotopic (exact) mass is 490 g/mol. The number of amides is 1. The van der Waals surface area contributed by atoms with E-state index in [-0.39, 0.29) is 16.2 Å². The number of sulfonamides is 1. The van der Waals surface area contributed by atoms with E-state index in [1.54, 1.807) is 24.3 Å². The van der Waals surface area contributed by atoms with Crippen LogP contribution in [0.3, 0.4) is 0 Å². The first kappa shape index (κ1) is 22.9. The van der Waals surface area contributed by atoms with Gasteiger partial charge in [-0.3, -0.25) is 9.52 Å². The van der Waals surface area contributed by atoms with Crippen molar-refractivity contribution in [2.75, 3.05) is 11.3 Å². The number of hydrogen-bond donors (Lipinski definition) is 4. The number of H-pyrrole nitrogens is 2. The minimum atomic E-state index is -3.88. The SMILES string of the molecule is O=C(NCC1(c2ccccc2)CCCC1)c1ccc(NS(=O)(=O)c2ccc3[nH]c(=O)[nH]c3c2)cc1. The molecule has 1 amide bonds. The van der Waals surface area contributed by atoms with Gasteiger partial charge < -0.3 is 15.3 Å². The molecule has 0 atom stereocenters. The molecule has 0 unspecified atom stereocenters. The Kier molecular flexibility index (Phi) is 5.94. The predicted molar refractivity (Wildman–Crippen MR) is 135 cm³/mol. The molecule has 4 aromatic rings. The second-order valence-electron chi connectivity index (χ2n) is 9.01. The summed E-state index contributed by atoms with van der Waals surface area (Å²) in [4.78, 5) is 29.4. The summed E-state index contributed by atoms with van der Waals surface area (Å²) in [5.74, 6) is -0.191. The Morgan fingerprint density at radius 3 is 2.29 bits per heavy atom. The van der Waals surface area contributed by atoms with Crippen LogP contribution in [-0.2, 0) is 15.4 Å². The Bertz CT molecular complexity index is 1520. The van der Waals surface area contributed by atoms with Crippen molar-refractivity contribution < 1.29 is 13.2 Å². The Labute approximate surface area is 202 Å². The van der Waals surface area contributed by atoms with Crippen LogP contribution in [0.15, 0.2) is 82.5 Å². The van der Waals surface area contributed by atoms with Crippen LogP contribution in [0.25, 0.3) is 11.0 Å². The highest BCUT2D eigenvalue weighted by Gasteiger charge is 2.35. The molecular weight excluding hydrogens is 464 g/mol. The average Bonchev–Trinajstić information content (AvgIpc) is 3.49. The maximum Gasteiger partial charge on any atom is 0.323 e. The van der Waals surface area contributed by atoms with Gasteiger partial charge in [0.15, 0.2) is 0 Å². The summed E-state index contributed by atoms with van der Waals surface area (Å²) in [6.45, 7) is 0.563. The summed E-state index contributed by atoms with van der Waals surface area (Å²) in [6.07, 6.45) is 4.38. The molecule has 0 bridgehead atoms. The van der Waals surface area contributed by atoms with Crippen LogP contribution in [0.4, 0.5) is 5.69 Å². The molecule has 1 aromatic heterocycles. The average molecular weight is 491 g/mol. The van der Waals surface area contributed by atoms with E-state index < -0.39 is 15.7 Å². The third kappa shape index (κ3) is 4.72. The fourth-order valence-corrected chi connectivity index (χ4v) is 5.93. The van der Waals surface area contributed by atoms with Crippen molar-refractivity contribution in [1.29, 1.82) is 0 Å². The summed E-state index contributed by atoms with van der Waals surface area (Å²) >= 11 is 0. The maximum atomic E-state index is 12.8. The molecule has 0 spiro atoms. The number of carbonyl (C=O) groups excluding carboxylic acids is 1. The van der Waals surface area contributed by atoms with Gasteiger partial charge in [-0.25, -0.2) is 13.2 Å². The lowest BCUT2D eigenvalue weighted by Gasteiger charge is -2.30. The number of anilines is 1. The lowest BCUT2D eigenvalue weighted by atomic mass is 9.79. The fourth-order valence-electron chi connectivity index (χ4n) is 4.85. The van der Waals surface area contributed by atoms with Crippen LogP contribution in [0.5, 0.6) is 0 Å². The van der Waals surface area contributed by atoms with Crippen molar-refractivity contribution in [2.24, 2.45) is 0 Å². The molecule has 0 aliphatic heterocycles. The number of imidazole rings is 1. The fraction of sp³-hybridized carbons (Fsp3) is 0.231. The number of hydrogen-bond acceptors (Lipinski definition) is 4. The van der Waals surface area contributed by atoms with E-state index in [0.717, 1.165) is 25.7 Å². The molecule has 1 aliphatic carbocycles. The molecule has 1 heterocycles. The van der Waals surface area contributed by atoms with Gasteiger partial charge in [0.05, 0.1) is 15.9 Å². The van der Waals surface area contributed by atoms with Gasteiger partial charge in [-0.05, 0) is 60.9 Å². The van der Waals surface area contributed by atoms with Crippen LogP contribution in [-0.4, -0.2) is 30.8 Å². The zero-order valence-corrected chi connectivity index (χ0v) is 19.8. The summed E-state index contributed by atoms with van der Waals surface area (Å²) in [7, 11) is -3.88. The van der Waals surface area contributed by atoms with Gasteiger partial charge >= 0.3 is 5.69 Å². The van der Waals surface area contributed by atoms with Gasteiger partial charge in [0.2, 0.25) is 0 Å². The van der Waals surface area contributed by atoms with Crippen molar-refractivity contribution >= 4 is 32.7 Å². The van der Waals surface area contributed by atoms with Crippen molar-refractivity contribution in [3.05, 3.63) is 94.4 Å². The summed E-state index contributed by atoms with van der Waals surface area (Å²) < 4.78 is 28.1. The first-order valence-corrected chi connectivity index (χ1v) is 13.0. The van der Waals surface area contributed by atoms with Gasteiger partial charge in [-0.1, -0.05) is 43.2 Å². The maximum absolute atomic E-state index is 12.8. The molecule has 4 N–H and O–H groups in total. The standard InChI is InChI=1S/C26H26N4O4S/c31-24(27-17-26(14-4-5-15-26)19-6-2-1-3-7-19)18-8-10-20(11-9-18)30-35(33,34)21-12-13-22-23(16-21)29-25(32)28-22/h1-3,6-13,16,30H,4-5,14-15,17H2,(H,27,31)(H2,28,29,32). The molecular formula is C26H26N4O4S. The molecule has 5 rings (SSSR count). The van der Waals surface area contributed by atoms with Crippen molar-refractivity contribution in [3.63, 3.8) is 0 Å². The van der Waals surface area contributed by atoms with Crippen molar-refractivity contribution in [1.82, 2.24) is 15.3 Å². The molecule has 9 heteroatoms. The molecule has 1 aliphatic rings. The van der Waals surface area contributed by atoms with E-state index >= 15 is 0 Å². The second kappa shape index (κ2) is 9.07. The molecule has 1 saturated carbocycles. The van der Waals surface area contributed by atoms with Crippen molar-refractivity contribution in [3.8, 4) is 0 Å². The zero-order valence-electron chi connectivity index (χ0n) is 19.0. The van der Waals surface area contributed by atoms with E-state index in [9.17, 15) is 18.0 Å². The largest absolute Gasteiger partial charge is 0.351 e. The topological polar surface area (TPSA) is 124 Å². The number of aromatic amines is 2.